The normalized spacial score (nSPS) is 28.4. The van der Waals surface area contributed by atoms with Crippen LogP contribution < -0.4 is 0 Å². The minimum absolute atomic E-state index is 0.0371. The van der Waals surface area contributed by atoms with E-state index in [4.69, 9.17) is 0 Å². The summed E-state index contributed by atoms with van der Waals surface area (Å²) in [5, 5.41) is 9.27. The second-order valence-corrected chi connectivity index (χ2v) is 6.16. The average molecular weight is 213 g/mol. The molecular formula is C13H27NO. The third kappa shape index (κ3) is 4.12. The quantitative estimate of drug-likeness (QED) is 0.775. The van der Waals surface area contributed by atoms with Crippen LogP contribution in [0.3, 0.4) is 0 Å². The van der Waals surface area contributed by atoms with Gasteiger partial charge in [-0.05, 0) is 25.8 Å². The first-order valence-corrected chi connectivity index (χ1v) is 6.26. The molecule has 0 saturated heterocycles. The van der Waals surface area contributed by atoms with Crippen LogP contribution in [0.5, 0.6) is 0 Å². The van der Waals surface area contributed by atoms with Crippen molar-refractivity contribution in [3.8, 4) is 0 Å². The van der Waals surface area contributed by atoms with E-state index in [1.165, 1.54) is 25.7 Å². The molecule has 1 rings (SSSR count). The van der Waals surface area contributed by atoms with E-state index in [0.717, 1.165) is 18.5 Å². The molecule has 1 aliphatic carbocycles. The fourth-order valence-corrected chi connectivity index (χ4v) is 2.66. The SMILES string of the molecule is CC1CCCC(N(C)CC(C)(C)CO)C1. The van der Waals surface area contributed by atoms with E-state index >= 15 is 0 Å². The highest BCUT2D eigenvalue weighted by Gasteiger charge is 2.26. The van der Waals surface area contributed by atoms with Crippen LogP contribution in [0.2, 0.25) is 0 Å². The number of hydrogen-bond donors (Lipinski definition) is 1. The molecule has 0 aromatic rings. The first-order chi connectivity index (χ1) is 6.94. The van der Waals surface area contributed by atoms with Crippen molar-refractivity contribution in [3.63, 3.8) is 0 Å². The van der Waals surface area contributed by atoms with Crippen molar-refractivity contribution in [1.29, 1.82) is 0 Å². The van der Waals surface area contributed by atoms with Crippen LogP contribution in [-0.4, -0.2) is 36.2 Å². The molecule has 0 bridgehead atoms. The van der Waals surface area contributed by atoms with Crippen molar-refractivity contribution in [3.05, 3.63) is 0 Å². The second kappa shape index (κ2) is 5.31. The number of rotatable bonds is 4. The highest BCUT2D eigenvalue weighted by Crippen LogP contribution is 2.28. The molecule has 0 spiro atoms. The van der Waals surface area contributed by atoms with Crippen LogP contribution in [0.15, 0.2) is 0 Å². The summed E-state index contributed by atoms with van der Waals surface area (Å²) in [6, 6.07) is 0.736. The van der Waals surface area contributed by atoms with Crippen LogP contribution in [-0.2, 0) is 0 Å². The zero-order valence-electron chi connectivity index (χ0n) is 10.8. The predicted molar refractivity (Wildman–Crippen MR) is 64.9 cm³/mol. The van der Waals surface area contributed by atoms with E-state index in [9.17, 15) is 5.11 Å². The summed E-state index contributed by atoms with van der Waals surface area (Å²) in [5.41, 5.74) is 0.0371. The van der Waals surface area contributed by atoms with Gasteiger partial charge in [-0.15, -0.1) is 0 Å². The minimum atomic E-state index is 0.0371. The molecule has 0 aromatic carbocycles. The lowest BCUT2D eigenvalue weighted by Gasteiger charge is -2.38. The van der Waals surface area contributed by atoms with Crippen molar-refractivity contribution in [1.82, 2.24) is 4.90 Å². The van der Waals surface area contributed by atoms with E-state index in [2.05, 4.69) is 32.7 Å². The fraction of sp³-hybridized carbons (Fsp3) is 1.00. The molecule has 2 atom stereocenters. The molecule has 2 unspecified atom stereocenters. The van der Waals surface area contributed by atoms with Gasteiger partial charge in [0.25, 0.3) is 0 Å². The van der Waals surface area contributed by atoms with Gasteiger partial charge in [-0.25, -0.2) is 0 Å². The fourth-order valence-electron chi connectivity index (χ4n) is 2.66. The van der Waals surface area contributed by atoms with Gasteiger partial charge in [-0.2, -0.15) is 0 Å². The van der Waals surface area contributed by atoms with Gasteiger partial charge >= 0.3 is 0 Å². The number of nitrogens with zero attached hydrogens (tertiary/aromatic N) is 1. The first kappa shape index (κ1) is 13.0. The molecule has 0 radical (unpaired) electrons. The van der Waals surface area contributed by atoms with E-state index in [1.54, 1.807) is 0 Å². The van der Waals surface area contributed by atoms with Crippen LogP contribution in [0, 0.1) is 11.3 Å². The summed E-state index contributed by atoms with van der Waals surface area (Å²) >= 11 is 0. The van der Waals surface area contributed by atoms with Crippen LogP contribution in [0.4, 0.5) is 0 Å². The molecule has 15 heavy (non-hydrogen) atoms. The summed E-state index contributed by atoms with van der Waals surface area (Å²) in [7, 11) is 2.21. The third-order valence-corrected chi connectivity index (χ3v) is 3.64. The van der Waals surface area contributed by atoms with Crippen molar-refractivity contribution >= 4 is 0 Å². The van der Waals surface area contributed by atoms with Gasteiger partial charge in [-0.3, -0.25) is 0 Å². The van der Waals surface area contributed by atoms with E-state index < -0.39 is 0 Å². The van der Waals surface area contributed by atoms with Crippen molar-refractivity contribution < 1.29 is 5.11 Å². The Bertz CT molecular complexity index is 191. The summed E-state index contributed by atoms with van der Waals surface area (Å²) in [6.45, 7) is 7.91. The molecule has 0 heterocycles. The maximum absolute atomic E-state index is 9.27. The second-order valence-electron chi connectivity index (χ2n) is 6.16. The van der Waals surface area contributed by atoms with Crippen molar-refractivity contribution in [2.75, 3.05) is 20.2 Å². The Balaban J connectivity index is 2.42. The van der Waals surface area contributed by atoms with Gasteiger partial charge in [0.15, 0.2) is 0 Å². The molecule has 2 heteroatoms. The first-order valence-electron chi connectivity index (χ1n) is 6.26. The summed E-state index contributed by atoms with van der Waals surface area (Å²) in [5.74, 6) is 0.878. The van der Waals surface area contributed by atoms with Gasteiger partial charge in [0.1, 0.15) is 0 Å². The monoisotopic (exact) mass is 213 g/mol. The lowest BCUT2D eigenvalue weighted by Crippen LogP contribution is -2.42. The summed E-state index contributed by atoms with van der Waals surface area (Å²) in [6.07, 6.45) is 5.43. The molecular weight excluding hydrogens is 186 g/mol. The van der Waals surface area contributed by atoms with Crippen molar-refractivity contribution in [2.24, 2.45) is 11.3 Å². The largest absolute Gasteiger partial charge is 0.396 e. The van der Waals surface area contributed by atoms with Gasteiger partial charge in [0.05, 0.1) is 0 Å². The Kier molecular flexibility index (Phi) is 4.60. The number of aliphatic hydroxyl groups excluding tert-OH is 1. The third-order valence-electron chi connectivity index (χ3n) is 3.64. The summed E-state index contributed by atoms with van der Waals surface area (Å²) < 4.78 is 0. The topological polar surface area (TPSA) is 23.5 Å². The molecule has 1 fully saturated rings. The lowest BCUT2D eigenvalue weighted by molar-refractivity contribution is 0.0758. The molecule has 0 aromatic heterocycles. The van der Waals surface area contributed by atoms with E-state index in [1.807, 2.05) is 0 Å². The zero-order valence-corrected chi connectivity index (χ0v) is 10.8. The predicted octanol–water partition coefficient (Wildman–Crippen LogP) is 2.52. The Hall–Kier alpha value is -0.0800. The number of aliphatic hydroxyl groups is 1. The van der Waals surface area contributed by atoms with Gasteiger partial charge in [-0.1, -0.05) is 33.6 Å². The molecule has 2 nitrogen and oxygen atoms in total. The molecule has 1 N–H and O–H groups in total. The molecule has 1 saturated carbocycles. The van der Waals surface area contributed by atoms with E-state index in [-0.39, 0.29) is 12.0 Å². The Morgan fingerprint density at radius 2 is 2.00 bits per heavy atom. The van der Waals surface area contributed by atoms with Gasteiger partial charge < -0.3 is 10.0 Å². The zero-order chi connectivity index (χ0) is 11.5. The van der Waals surface area contributed by atoms with E-state index in [0.29, 0.717) is 0 Å². The smallest absolute Gasteiger partial charge is 0.0494 e. The maximum atomic E-state index is 9.27. The highest BCUT2D eigenvalue weighted by atomic mass is 16.3. The number of hydrogen-bond acceptors (Lipinski definition) is 2. The lowest BCUT2D eigenvalue weighted by atomic mass is 9.85. The molecule has 90 valence electrons. The van der Waals surface area contributed by atoms with Gasteiger partial charge in [0, 0.05) is 24.6 Å². The molecule has 1 aliphatic rings. The Morgan fingerprint density at radius 3 is 2.53 bits per heavy atom. The van der Waals surface area contributed by atoms with Crippen LogP contribution >= 0.6 is 0 Å². The summed E-state index contributed by atoms with van der Waals surface area (Å²) in [4.78, 5) is 2.45. The minimum Gasteiger partial charge on any atom is -0.396 e. The van der Waals surface area contributed by atoms with Crippen molar-refractivity contribution in [2.45, 2.75) is 52.5 Å². The molecule has 0 aliphatic heterocycles. The average Bonchev–Trinajstić information content (AvgIpc) is 2.17. The van der Waals surface area contributed by atoms with Crippen LogP contribution in [0.25, 0.3) is 0 Å². The maximum Gasteiger partial charge on any atom is 0.0494 e. The standard InChI is InChI=1S/C13H27NO/c1-11-6-5-7-12(8-11)14(4)9-13(2,3)10-15/h11-12,15H,5-10H2,1-4H3. The van der Waals surface area contributed by atoms with Crippen LogP contribution in [0.1, 0.15) is 46.5 Å². The van der Waals surface area contributed by atoms with Gasteiger partial charge in [0.2, 0.25) is 0 Å². The Morgan fingerprint density at radius 1 is 1.33 bits per heavy atom. The molecule has 0 amide bonds. The highest BCUT2D eigenvalue weighted by molar-refractivity contribution is 4.80. The Labute approximate surface area is 94.7 Å².